The van der Waals surface area contributed by atoms with Crippen molar-refractivity contribution in [3.8, 4) is 11.5 Å². The summed E-state index contributed by atoms with van der Waals surface area (Å²) in [7, 11) is 1.56. The number of hydrogen-bond acceptors (Lipinski definition) is 5. The minimum atomic E-state index is 0.139. The van der Waals surface area contributed by atoms with Crippen LogP contribution in [0.1, 0.15) is 5.56 Å². The maximum absolute atomic E-state index is 10.1. The van der Waals surface area contributed by atoms with Gasteiger partial charge in [-0.15, -0.1) is 0 Å². The number of rotatable bonds is 3. The van der Waals surface area contributed by atoms with Crippen molar-refractivity contribution in [2.45, 2.75) is 12.6 Å². The Balaban J connectivity index is 2.08. The van der Waals surface area contributed by atoms with E-state index < -0.39 is 0 Å². The molecule has 5 nitrogen and oxygen atoms in total. The molecule has 5 heteroatoms. The van der Waals surface area contributed by atoms with Crippen LogP contribution < -0.4 is 15.8 Å². The smallest absolute Gasteiger partial charge is 0.162 e. The molecule has 0 bridgehead atoms. The largest absolute Gasteiger partial charge is 0.504 e. The maximum atomic E-state index is 10.1. The predicted octanol–water partition coefficient (Wildman–Crippen LogP) is 0.133. The number of nitrogens with one attached hydrogen (secondary N) is 1. The molecule has 1 saturated heterocycles. The first-order chi connectivity index (χ1) is 8.70. The molecule has 100 valence electrons. The van der Waals surface area contributed by atoms with Crippen molar-refractivity contribution >= 4 is 0 Å². The summed E-state index contributed by atoms with van der Waals surface area (Å²) in [6.45, 7) is 4.24. The van der Waals surface area contributed by atoms with Crippen molar-refractivity contribution in [2.24, 2.45) is 5.73 Å². The third kappa shape index (κ3) is 3.13. The number of para-hydroxylation sites is 1. The van der Waals surface area contributed by atoms with Gasteiger partial charge in [0.2, 0.25) is 0 Å². The highest BCUT2D eigenvalue weighted by Gasteiger charge is 2.17. The minimum absolute atomic E-state index is 0.139. The normalized spacial score (nSPS) is 21.6. The standard InChI is InChI=1S/C13H21N3O2/c1-18-12-4-2-3-10(13(12)17)8-16-6-5-15-7-11(14)9-16/h2-4,11,15,17H,5-9,14H2,1H3. The van der Waals surface area contributed by atoms with E-state index in [4.69, 9.17) is 10.5 Å². The zero-order valence-electron chi connectivity index (χ0n) is 10.7. The lowest BCUT2D eigenvalue weighted by atomic mass is 10.1. The molecular formula is C13H21N3O2. The molecule has 1 aromatic rings. The van der Waals surface area contributed by atoms with Gasteiger partial charge in [-0.2, -0.15) is 0 Å². The van der Waals surface area contributed by atoms with Crippen molar-refractivity contribution in [2.75, 3.05) is 33.3 Å². The molecule has 0 aromatic heterocycles. The first-order valence-corrected chi connectivity index (χ1v) is 6.24. The van der Waals surface area contributed by atoms with E-state index >= 15 is 0 Å². The number of ether oxygens (including phenoxy) is 1. The second kappa shape index (κ2) is 6.04. The Bertz CT molecular complexity index is 398. The molecule has 1 aliphatic heterocycles. The summed E-state index contributed by atoms with van der Waals surface area (Å²) in [4.78, 5) is 2.25. The quantitative estimate of drug-likeness (QED) is 0.712. The van der Waals surface area contributed by atoms with Crippen LogP contribution in [0.5, 0.6) is 11.5 Å². The third-order valence-electron chi connectivity index (χ3n) is 3.20. The van der Waals surface area contributed by atoms with Crippen LogP contribution in [0.3, 0.4) is 0 Å². The number of phenolic OH excluding ortho intramolecular Hbond substituents is 1. The molecule has 0 aliphatic carbocycles. The summed E-state index contributed by atoms with van der Waals surface area (Å²) in [5.41, 5.74) is 6.86. The highest BCUT2D eigenvalue weighted by Crippen LogP contribution is 2.30. The molecule has 1 heterocycles. The van der Waals surface area contributed by atoms with Crippen LogP contribution in [-0.2, 0) is 6.54 Å². The molecule has 4 N–H and O–H groups in total. The molecule has 18 heavy (non-hydrogen) atoms. The fourth-order valence-corrected chi connectivity index (χ4v) is 2.26. The highest BCUT2D eigenvalue weighted by molar-refractivity contribution is 5.45. The molecule has 1 atom stereocenters. The Hall–Kier alpha value is -1.30. The Morgan fingerprint density at radius 3 is 3.17 bits per heavy atom. The second-order valence-corrected chi connectivity index (χ2v) is 4.67. The Kier molecular flexibility index (Phi) is 4.41. The van der Waals surface area contributed by atoms with Gasteiger partial charge in [0.05, 0.1) is 7.11 Å². The molecule has 1 aromatic carbocycles. The van der Waals surface area contributed by atoms with Crippen molar-refractivity contribution in [1.82, 2.24) is 10.2 Å². The van der Waals surface area contributed by atoms with Crippen LogP contribution in [0.2, 0.25) is 0 Å². The van der Waals surface area contributed by atoms with Crippen LogP contribution in [0.25, 0.3) is 0 Å². The van der Waals surface area contributed by atoms with Crippen LogP contribution in [0.4, 0.5) is 0 Å². The lowest BCUT2D eigenvalue weighted by molar-refractivity contribution is 0.267. The fourth-order valence-electron chi connectivity index (χ4n) is 2.26. The van der Waals surface area contributed by atoms with E-state index in [1.807, 2.05) is 12.1 Å². The first kappa shape index (κ1) is 13.1. The van der Waals surface area contributed by atoms with E-state index in [0.29, 0.717) is 12.3 Å². The average Bonchev–Trinajstić information content (AvgIpc) is 2.56. The van der Waals surface area contributed by atoms with E-state index in [9.17, 15) is 5.11 Å². The summed E-state index contributed by atoms with van der Waals surface area (Å²) in [6.07, 6.45) is 0. The Labute approximate surface area is 108 Å². The Morgan fingerprint density at radius 2 is 2.39 bits per heavy atom. The molecule has 1 unspecified atom stereocenters. The van der Waals surface area contributed by atoms with Crippen molar-refractivity contribution < 1.29 is 9.84 Å². The lowest BCUT2D eigenvalue weighted by Crippen LogP contribution is -2.38. The number of phenols is 1. The molecular weight excluding hydrogens is 230 g/mol. The van der Waals surface area contributed by atoms with E-state index in [0.717, 1.165) is 31.7 Å². The monoisotopic (exact) mass is 251 g/mol. The summed E-state index contributed by atoms with van der Waals surface area (Å²) in [5.74, 6) is 0.746. The van der Waals surface area contributed by atoms with Crippen molar-refractivity contribution in [3.63, 3.8) is 0 Å². The van der Waals surface area contributed by atoms with E-state index in [1.165, 1.54) is 0 Å². The van der Waals surface area contributed by atoms with Gasteiger partial charge in [0.25, 0.3) is 0 Å². The second-order valence-electron chi connectivity index (χ2n) is 4.67. The molecule has 1 aliphatic rings. The molecule has 0 spiro atoms. The number of methoxy groups -OCH3 is 1. The highest BCUT2D eigenvalue weighted by atomic mass is 16.5. The summed E-state index contributed by atoms with van der Waals surface area (Å²) >= 11 is 0. The van der Waals surface area contributed by atoms with Gasteiger partial charge in [0.1, 0.15) is 0 Å². The first-order valence-electron chi connectivity index (χ1n) is 6.24. The summed E-state index contributed by atoms with van der Waals surface area (Å²) in [5, 5.41) is 13.4. The SMILES string of the molecule is COc1cccc(CN2CCNCC(N)C2)c1O. The zero-order valence-corrected chi connectivity index (χ0v) is 10.7. The number of nitrogens with zero attached hydrogens (tertiary/aromatic N) is 1. The third-order valence-corrected chi connectivity index (χ3v) is 3.20. The zero-order chi connectivity index (χ0) is 13.0. The number of hydrogen-bond donors (Lipinski definition) is 3. The molecule has 1 fully saturated rings. The fraction of sp³-hybridized carbons (Fsp3) is 0.538. The van der Waals surface area contributed by atoms with Gasteiger partial charge in [-0.3, -0.25) is 4.90 Å². The van der Waals surface area contributed by atoms with Gasteiger partial charge in [-0.25, -0.2) is 0 Å². The summed E-state index contributed by atoms with van der Waals surface area (Å²) in [6, 6.07) is 5.71. The number of benzene rings is 1. The number of aromatic hydroxyl groups is 1. The molecule has 0 radical (unpaired) electrons. The topological polar surface area (TPSA) is 70.8 Å². The van der Waals surface area contributed by atoms with Gasteiger partial charge in [0.15, 0.2) is 11.5 Å². The average molecular weight is 251 g/mol. The van der Waals surface area contributed by atoms with Crippen molar-refractivity contribution in [3.05, 3.63) is 23.8 Å². The number of nitrogens with two attached hydrogens (primary N) is 1. The van der Waals surface area contributed by atoms with Crippen molar-refractivity contribution in [1.29, 1.82) is 0 Å². The molecule has 0 saturated carbocycles. The van der Waals surface area contributed by atoms with E-state index in [1.54, 1.807) is 13.2 Å². The predicted molar refractivity (Wildman–Crippen MR) is 70.8 cm³/mol. The Morgan fingerprint density at radius 1 is 1.56 bits per heavy atom. The van der Waals surface area contributed by atoms with Gasteiger partial charge >= 0.3 is 0 Å². The van der Waals surface area contributed by atoms with E-state index in [2.05, 4.69) is 10.2 Å². The van der Waals surface area contributed by atoms with Gasteiger partial charge < -0.3 is 20.9 Å². The van der Waals surface area contributed by atoms with Crippen LogP contribution in [-0.4, -0.2) is 49.3 Å². The molecule has 2 rings (SSSR count). The van der Waals surface area contributed by atoms with Gasteiger partial charge in [-0.05, 0) is 6.07 Å². The lowest BCUT2D eigenvalue weighted by Gasteiger charge is -2.22. The van der Waals surface area contributed by atoms with Gasteiger partial charge in [-0.1, -0.05) is 12.1 Å². The van der Waals surface area contributed by atoms with Gasteiger partial charge in [0, 0.05) is 44.3 Å². The molecule has 0 amide bonds. The maximum Gasteiger partial charge on any atom is 0.162 e. The van der Waals surface area contributed by atoms with E-state index in [-0.39, 0.29) is 11.8 Å². The summed E-state index contributed by atoms with van der Waals surface area (Å²) < 4.78 is 5.12. The minimum Gasteiger partial charge on any atom is -0.504 e. The van der Waals surface area contributed by atoms with Crippen LogP contribution >= 0.6 is 0 Å². The van der Waals surface area contributed by atoms with Crippen LogP contribution in [0.15, 0.2) is 18.2 Å². The van der Waals surface area contributed by atoms with Crippen LogP contribution in [0, 0.1) is 0 Å².